The van der Waals surface area contributed by atoms with Gasteiger partial charge in [-0.1, -0.05) is 39.5 Å². The van der Waals surface area contributed by atoms with E-state index in [0.29, 0.717) is 6.04 Å². The van der Waals surface area contributed by atoms with Crippen LogP contribution in [0.1, 0.15) is 89.3 Å². The first-order valence-electron chi connectivity index (χ1n) is 12.9. The molecule has 4 rings (SSSR count). The van der Waals surface area contributed by atoms with Crippen LogP contribution in [0.3, 0.4) is 0 Å². The molecule has 5 nitrogen and oxygen atoms in total. The molecule has 5 heteroatoms. The van der Waals surface area contributed by atoms with Crippen molar-refractivity contribution in [1.29, 1.82) is 0 Å². The molecule has 3 heterocycles. The van der Waals surface area contributed by atoms with Gasteiger partial charge in [0.15, 0.2) is 0 Å². The number of hydrogen-bond donors (Lipinski definition) is 1. The first-order chi connectivity index (χ1) is 14.8. The van der Waals surface area contributed by atoms with Crippen molar-refractivity contribution in [2.24, 2.45) is 5.92 Å². The van der Waals surface area contributed by atoms with E-state index in [4.69, 9.17) is 9.97 Å². The monoisotopic (exact) mass is 413 g/mol. The third-order valence-corrected chi connectivity index (χ3v) is 7.58. The van der Waals surface area contributed by atoms with Crippen molar-refractivity contribution in [2.75, 3.05) is 42.9 Å². The van der Waals surface area contributed by atoms with Crippen LogP contribution in [0.2, 0.25) is 0 Å². The van der Waals surface area contributed by atoms with Crippen molar-refractivity contribution in [1.82, 2.24) is 14.9 Å². The van der Waals surface area contributed by atoms with Gasteiger partial charge in [0.25, 0.3) is 0 Å². The molecule has 2 fully saturated rings. The van der Waals surface area contributed by atoms with E-state index >= 15 is 0 Å². The highest BCUT2D eigenvalue weighted by Crippen LogP contribution is 2.31. The summed E-state index contributed by atoms with van der Waals surface area (Å²) in [6.07, 6.45) is 15.3. The van der Waals surface area contributed by atoms with Gasteiger partial charge in [-0.25, -0.2) is 4.98 Å². The molecule has 1 N–H and O–H groups in total. The van der Waals surface area contributed by atoms with Crippen LogP contribution >= 0.6 is 0 Å². The number of fused-ring (bicyclic) bond motifs is 1. The Kier molecular flexibility index (Phi) is 7.86. The van der Waals surface area contributed by atoms with Gasteiger partial charge in [0.2, 0.25) is 5.95 Å². The minimum Gasteiger partial charge on any atom is -0.356 e. The molecule has 1 aromatic rings. The Labute approximate surface area is 184 Å². The summed E-state index contributed by atoms with van der Waals surface area (Å²) in [5, 5.41) is 3.77. The van der Waals surface area contributed by atoms with Crippen LogP contribution in [0.4, 0.5) is 11.8 Å². The second kappa shape index (κ2) is 10.8. The van der Waals surface area contributed by atoms with E-state index in [9.17, 15) is 0 Å². The molecule has 0 radical (unpaired) electrons. The number of nitrogens with one attached hydrogen (secondary N) is 1. The maximum absolute atomic E-state index is 5.15. The summed E-state index contributed by atoms with van der Waals surface area (Å²) >= 11 is 0. The Morgan fingerprint density at radius 3 is 2.43 bits per heavy atom. The van der Waals surface area contributed by atoms with E-state index in [1.165, 1.54) is 94.4 Å². The van der Waals surface area contributed by atoms with Gasteiger partial charge >= 0.3 is 0 Å². The minimum absolute atomic E-state index is 0.478. The topological polar surface area (TPSA) is 44.3 Å². The predicted octanol–water partition coefficient (Wildman–Crippen LogP) is 5.05. The lowest BCUT2D eigenvalue weighted by Crippen LogP contribution is -2.44. The smallest absolute Gasteiger partial charge is 0.225 e. The van der Waals surface area contributed by atoms with E-state index in [-0.39, 0.29) is 0 Å². The van der Waals surface area contributed by atoms with Crippen LogP contribution in [-0.4, -0.2) is 53.6 Å². The number of anilines is 2. The fourth-order valence-corrected chi connectivity index (χ4v) is 5.62. The second-order valence-electron chi connectivity index (χ2n) is 9.83. The molecular formula is C25H43N5. The molecule has 168 valence electrons. The van der Waals surface area contributed by atoms with Gasteiger partial charge in [0.05, 0.1) is 5.69 Å². The van der Waals surface area contributed by atoms with Crippen molar-refractivity contribution in [3.8, 4) is 0 Å². The zero-order chi connectivity index (χ0) is 20.8. The number of piperidine rings is 1. The highest BCUT2D eigenvalue weighted by molar-refractivity contribution is 5.54. The van der Waals surface area contributed by atoms with Crippen LogP contribution < -0.4 is 10.2 Å². The number of hydrogen-bond acceptors (Lipinski definition) is 5. The molecule has 2 saturated heterocycles. The molecule has 1 aliphatic carbocycles. The SMILES string of the molecule is CCC(CC)CN1CCCC(Nc2nc3c(c(N4CCCCCC4)n2)CCCC3)C1. The number of likely N-dealkylation sites (tertiary alicyclic amines) is 1. The fourth-order valence-electron chi connectivity index (χ4n) is 5.62. The van der Waals surface area contributed by atoms with Gasteiger partial charge < -0.3 is 15.1 Å². The zero-order valence-electron chi connectivity index (χ0n) is 19.5. The molecule has 1 unspecified atom stereocenters. The van der Waals surface area contributed by atoms with Gasteiger partial charge in [-0.05, 0) is 63.8 Å². The highest BCUT2D eigenvalue weighted by atomic mass is 15.3. The Bertz CT molecular complexity index is 664. The average Bonchev–Trinajstić information content (AvgIpc) is 3.07. The molecule has 1 atom stereocenters. The van der Waals surface area contributed by atoms with E-state index in [1.54, 1.807) is 0 Å². The molecule has 0 amide bonds. The van der Waals surface area contributed by atoms with Crippen molar-refractivity contribution < 1.29 is 0 Å². The summed E-state index contributed by atoms with van der Waals surface area (Å²) in [5.74, 6) is 2.98. The summed E-state index contributed by atoms with van der Waals surface area (Å²) < 4.78 is 0. The predicted molar refractivity (Wildman–Crippen MR) is 127 cm³/mol. The van der Waals surface area contributed by atoms with Crippen molar-refractivity contribution >= 4 is 11.8 Å². The van der Waals surface area contributed by atoms with Crippen molar-refractivity contribution in [3.63, 3.8) is 0 Å². The Morgan fingerprint density at radius 1 is 0.900 bits per heavy atom. The lowest BCUT2D eigenvalue weighted by atomic mass is 9.96. The first-order valence-corrected chi connectivity index (χ1v) is 12.9. The van der Waals surface area contributed by atoms with Crippen LogP contribution in [0, 0.1) is 5.92 Å². The van der Waals surface area contributed by atoms with Crippen LogP contribution in [-0.2, 0) is 12.8 Å². The number of aryl methyl sites for hydroxylation is 1. The lowest BCUT2D eigenvalue weighted by Gasteiger charge is -2.35. The van der Waals surface area contributed by atoms with E-state index < -0.39 is 0 Å². The number of rotatable bonds is 7. The van der Waals surface area contributed by atoms with Gasteiger partial charge in [0.1, 0.15) is 5.82 Å². The standard InChI is InChI=1S/C25H43N5/c1-3-20(4-2)18-29-15-11-12-21(19-29)26-25-27-23-14-8-7-13-22(23)24(28-25)30-16-9-5-6-10-17-30/h20-21H,3-19H2,1-2H3,(H,26,27,28). The summed E-state index contributed by atoms with van der Waals surface area (Å²) in [6.45, 7) is 10.6. The molecule has 3 aliphatic rings. The average molecular weight is 414 g/mol. The summed E-state index contributed by atoms with van der Waals surface area (Å²) in [4.78, 5) is 15.4. The van der Waals surface area contributed by atoms with Crippen molar-refractivity contribution in [2.45, 2.75) is 96.9 Å². The second-order valence-corrected chi connectivity index (χ2v) is 9.83. The van der Waals surface area contributed by atoms with E-state index in [2.05, 4.69) is 29.0 Å². The Morgan fingerprint density at radius 2 is 1.67 bits per heavy atom. The van der Waals surface area contributed by atoms with E-state index in [1.807, 2.05) is 0 Å². The maximum atomic E-state index is 5.15. The molecular weight excluding hydrogens is 370 g/mol. The van der Waals surface area contributed by atoms with Crippen LogP contribution in [0.15, 0.2) is 0 Å². The molecule has 2 aliphatic heterocycles. The summed E-state index contributed by atoms with van der Waals surface area (Å²) in [6, 6.07) is 0.478. The van der Waals surface area contributed by atoms with Gasteiger partial charge in [-0.15, -0.1) is 0 Å². The number of nitrogens with zero attached hydrogens (tertiary/aromatic N) is 4. The maximum Gasteiger partial charge on any atom is 0.225 e. The zero-order valence-corrected chi connectivity index (χ0v) is 19.5. The molecule has 30 heavy (non-hydrogen) atoms. The third-order valence-electron chi connectivity index (χ3n) is 7.58. The van der Waals surface area contributed by atoms with E-state index in [0.717, 1.165) is 44.3 Å². The summed E-state index contributed by atoms with van der Waals surface area (Å²) in [7, 11) is 0. The molecule has 0 saturated carbocycles. The quantitative estimate of drug-likeness (QED) is 0.678. The summed E-state index contributed by atoms with van der Waals surface area (Å²) in [5.41, 5.74) is 2.77. The van der Waals surface area contributed by atoms with Crippen LogP contribution in [0.25, 0.3) is 0 Å². The Balaban J connectivity index is 1.49. The fraction of sp³-hybridized carbons (Fsp3) is 0.840. The molecule has 0 aromatic carbocycles. The first kappa shape index (κ1) is 21.9. The van der Waals surface area contributed by atoms with Crippen molar-refractivity contribution in [3.05, 3.63) is 11.3 Å². The minimum atomic E-state index is 0.478. The lowest BCUT2D eigenvalue weighted by molar-refractivity contribution is 0.181. The molecule has 1 aromatic heterocycles. The van der Waals surface area contributed by atoms with Crippen LogP contribution in [0.5, 0.6) is 0 Å². The highest BCUT2D eigenvalue weighted by Gasteiger charge is 2.25. The molecule has 0 bridgehead atoms. The Hall–Kier alpha value is -1.36. The van der Waals surface area contributed by atoms with Gasteiger partial charge in [-0.3, -0.25) is 0 Å². The normalized spacial score (nSPS) is 23.3. The number of aromatic nitrogens is 2. The largest absolute Gasteiger partial charge is 0.356 e. The van der Waals surface area contributed by atoms with Gasteiger partial charge in [-0.2, -0.15) is 4.98 Å². The third kappa shape index (κ3) is 5.46. The van der Waals surface area contributed by atoms with Gasteiger partial charge in [0, 0.05) is 37.8 Å². The molecule has 0 spiro atoms.